The summed E-state index contributed by atoms with van der Waals surface area (Å²) in [5, 5.41) is 14.3. The number of amides is 1. The van der Waals surface area contributed by atoms with Gasteiger partial charge in [-0.1, -0.05) is 25.5 Å². The number of piperidine rings is 1. The van der Waals surface area contributed by atoms with Crippen LogP contribution in [0.1, 0.15) is 58.8 Å². The molecule has 0 spiro atoms. The highest BCUT2D eigenvalue weighted by molar-refractivity contribution is 5.89. The summed E-state index contributed by atoms with van der Waals surface area (Å²) in [6.07, 6.45) is 11.8. The highest BCUT2D eigenvalue weighted by Gasteiger charge is 2.61. The SMILES string of the molecule is CN1C(=O)C=C[C@@]2(C)C1C(=C1CCNCC1)C[C@@H]1[C@H]2CC[C@]2(C)C(O)CC[C@@H]12. The minimum absolute atomic E-state index is 0.0215. The zero-order valence-corrected chi connectivity index (χ0v) is 17.7. The lowest BCUT2D eigenvalue weighted by molar-refractivity contribution is -0.135. The third-order valence-corrected chi connectivity index (χ3v) is 9.54. The molecule has 3 saturated carbocycles. The normalized spacial score (nSPS) is 48.4. The highest BCUT2D eigenvalue weighted by atomic mass is 16.3. The minimum Gasteiger partial charge on any atom is -0.393 e. The molecule has 5 aliphatic rings. The van der Waals surface area contributed by atoms with E-state index in [1.54, 1.807) is 11.1 Å². The fraction of sp³-hybridized carbons (Fsp3) is 0.792. The van der Waals surface area contributed by atoms with Crippen molar-refractivity contribution in [3.63, 3.8) is 0 Å². The molecule has 1 amide bonds. The lowest BCUT2D eigenvalue weighted by Gasteiger charge is -2.61. The van der Waals surface area contributed by atoms with Gasteiger partial charge in [-0.2, -0.15) is 0 Å². The Labute approximate surface area is 169 Å². The first-order valence-corrected chi connectivity index (χ1v) is 11.4. The van der Waals surface area contributed by atoms with E-state index in [2.05, 4.69) is 25.2 Å². The lowest BCUT2D eigenvalue weighted by atomic mass is 9.47. The third kappa shape index (κ3) is 2.46. The molecule has 4 fully saturated rings. The zero-order chi connectivity index (χ0) is 19.7. The molecule has 2 aliphatic heterocycles. The zero-order valence-electron chi connectivity index (χ0n) is 17.7. The molecule has 7 atom stereocenters. The maximum Gasteiger partial charge on any atom is 0.246 e. The first-order valence-electron chi connectivity index (χ1n) is 11.4. The summed E-state index contributed by atoms with van der Waals surface area (Å²) >= 11 is 0. The summed E-state index contributed by atoms with van der Waals surface area (Å²) in [5.74, 6) is 2.03. The van der Waals surface area contributed by atoms with Crippen LogP contribution in [-0.2, 0) is 4.79 Å². The maximum absolute atomic E-state index is 12.6. The second-order valence-electron chi connectivity index (χ2n) is 10.6. The van der Waals surface area contributed by atoms with Crippen LogP contribution in [0.15, 0.2) is 23.3 Å². The van der Waals surface area contributed by atoms with Crippen LogP contribution in [0.5, 0.6) is 0 Å². The van der Waals surface area contributed by atoms with E-state index in [1.165, 1.54) is 12.8 Å². The molecule has 1 saturated heterocycles. The van der Waals surface area contributed by atoms with Crippen molar-refractivity contribution in [3.05, 3.63) is 23.3 Å². The van der Waals surface area contributed by atoms with Crippen LogP contribution in [-0.4, -0.2) is 48.2 Å². The summed E-state index contributed by atoms with van der Waals surface area (Å²) in [6, 6.07) is 0.218. The average Bonchev–Trinajstić information content (AvgIpc) is 3.00. The van der Waals surface area contributed by atoms with Crippen molar-refractivity contribution in [3.8, 4) is 0 Å². The van der Waals surface area contributed by atoms with E-state index >= 15 is 0 Å². The van der Waals surface area contributed by atoms with Crippen molar-refractivity contribution in [2.24, 2.45) is 28.6 Å². The molecule has 0 aromatic rings. The van der Waals surface area contributed by atoms with Crippen LogP contribution in [0.3, 0.4) is 0 Å². The van der Waals surface area contributed by atoms with Gasteiger partial charge in [0.15, 0.2) is 0 Å². The Morgan fingerprint density at radius 3 is 2.64 bits per heavy atom. The Morgan fingerprint density at radius 1 is 1.14 bits per heavy atom. The molecule has 4 heteroatoms. The number of nitrogens with zero attached hydrogens (tertiary/aromatic N) is 1. The first kappa shape index (κ1) is 18.9. The summed E-state index contributed by atoms with van der Waals surface area (Å²) < 4.78 is 0. The second-order valence-corrected chi connectivity index (χ2v) is 10.6. The third-order valence-electron chi connectivity index (χ3n) is 9.54. The predicted molar refractivity (Wildman–Crippen MR) is 111 cm³/mol. The number of carbonyl (C=O) groups is 1. The van der Waals surface area contributed by atoms with E-state index in [1.807, 2.05) is 18.0 Å². The number of hydrogen-bond donors (Lipinski definition) is 2. The van der Waals surface area contributed by atoms with E-state index in [-0.39, 0.29) is 28.9 Å². The van der Waals surface area contributed by atoms with E-state index < -0.39 is 0 Å². The monoisotopic (exact) mass is 384 g/mol. The van der Waals surface area contributed by atoms with Crippen molar-refractivity contribution in [1.82, 2.24) is 10.2 Å². The molecule has 2 unspecified atom stereocenters. The van der Waals surface area contributed by atoms with Gasteiger partial charge in [-0.15, -0.1) is 0 Å². The Hall–Kier alpha value is -1.13. The Kier molecular flexibility index (Phi) is 4.34. The number of rotatable bonds is 0. The number of nitrogens with one attached hydrogen (secondary N) is 1. The summed E-state index contributed by atoms with van der Waals surface area (Å²) in [4.78, 5) is 14.7. The number of likely N-dealkylation sites (N-methyl/N-ethyl adjacent to an activating group) is 1. The fourth-order valence-corrected chi connectivity index (χ4v) is 8.01. The van der Waals surface area contributed by atoms with Gasteiger partial charge < -0.3 is 15.3 Å². The molecule has 2 heterocycles. The van der Waals surface area contributed by atoms with Gasteiger partial charge in [0.1, 0.15) is 0 Å². The topological polar surface area (TPSA) is 52.6 Å². The van der Waals surface area contributed by atoms with Crippen molar-refractivity contribution in [2.45, 2.75) is 70.9 Å². The minimum atomic E-state index is -0.134. The van der Waals surface area contributed by atoms with E-state index in [9.17, 15) is 9.90 Å². The molecule has 0 aromatic carbocycles. The molecule has 0 radical (unpaired) electrons. The van der Waals surface area contributed by atoms with Crippen LogP contribution in [0.25, 0.3) is 0 Å². The molecule has 3 aliphatic carbocycles. The summed E-state index contributed by atoms with van der Waals surface area (Å²) in [6.45, 7) is 6.89. The molecule has 154 valence electrons. The highest BCUT2D eigenvalue weighted by Crippen LogP contribution is 2.65. The van der Waals surface area contributed by atoms with Gasteiger partial charge in [0.05, 0.1) is 12.1 Å². The summed E-state index contributed by atoms with van der Waals surface area (Å²) in [5.41, 5.74) is 3.28. The molecule has 5 rings (SSSR count). The molecule has 4 nitrogen and oxygen atoms in total. The largest absolute Gasteiger partial charge is 0.393 e. The molecular formula is C24H36N2O2. The number of aliphatic hydroxyl groups is 1. The van der Waals surface area contributed by atoms with Crippen LogP contribution in [0, 0.1) is 28.6 Å². The van der Waals surface area contributed by atoms with Gasteiger partial charge in [0.2, 0.25) is 5.91 Å². The quantitative estimate of drug-likeness (QED) is 0.630. The number of carbonyl (C=O) groups excluding carboxylic acids is 1. The van der Waals surface area contributed by atoms with E-state index in [0.717, 1.165) is 45.2 Å². The van der Waals surface area contributed by atoms with E-state index in [0.29, 0.717) is 17.8 Å². The fourth-order valence-electron chi connectivity index (χ4n) is 8.01. The predicted octanol–water partition coefficient (Wildman–Crippen LogP) is 3.28. The number of hydrogen-bond acceptors (Lipinski definition) is 3. The van der Waals surface area contributed by atoms with Crippen LogP contribution >= 0.6 is 0 Å². The molecule has 0 aromatic heterocycles. The standard InChI is InChI=1S/C24H36N2O2/c1-23-10-6-19-17(18(23)4-5-20(23)27)14-16(15-8-12-25-13-9-15)22-24(19,2)11-7-21(28)26(22)3/h7,11,17-20,22,25,27H,4-6,8-10,12-14H2,1-3H3/t17-,18-,19+,20?,22?,23-,24+/m0/s1. The molecular weight excluding hydrogens is 348 g/mol. The van der Waals surface area contributed by atoms with Gasteiger partial charge in [-0.25, -0.2) is 0 Å². The van der Waals surface area contributed by atoms with Gasteiger partial charge >= 0.3 is 0 Å². The van der Waals surface area contributed by atoms with Gasteiger partial charge in [-0.05, 0) is 92.9 Å². The number of aliphatic hydroxyl groups excluding tert-OH is 1. The number of fused-ring (bicyclic) bond motifs is 5. The molecule has 0 bridgehead atoms. The smallest absolute Gasteiger partial charge is 0.246 e. The lowest BCUT2D eigenvalue weighted by Crippen LogP contribution is -2.61. The first-order chi connectivity index (χ1) is 13.4. The maximum atomic E-state index is 12.6. The van der Waals surface area contributed by atoms with Crippen LogP contribution in [0.2, 0.25) is 0 Å². The van der Waals surface area contributed by atoms with Crippen LogP contribution < -0.4 is 5.32 Å². The van der Waals surface area contributed by atoms with Crippen molar-refractivity contribution in [1.29, 1.82) is 0 Å². The van der Waals surface area contributed by atoms with Crippen molar-refractivity contribution >= 4 is 5.91 Å². The second kappa shape index (κ2) is 6.43. The van der Waals surface area contributed by atoms with Crippen LogP contribution in [0.4, 0.5) is 0 Å². The van der Waals surface area contributed by atoms with E-state index in [4.69, 9.17) is 0 Å². The average molecular weight is 385 g/mol. The van der Waals surface area contributed by atoms with Crippen molar-refractivity contribution in [2.75, 3.05) is 20.1 Å². The Bertz CT molecular complexity index is 735. The van der Waals surface area contributed by atoms with Crippen molar-refractivity contribution < 1.29 is 9.90 Å². The Balaban J connectivity index is 1.62. The van der Waals surface area contributed by atoms with Gasteiger partial charge in [0, 0.05) is 12.5 Å². The summed E-state index contributed by atoms with van der Waals surface area (Å²) in [7, 11) is 2.02. The van der Waals surface area contributed by atoms with Gasteiger partial charge in [-0.3, -0.25) is 4.79 Å². The molecule has 28 heavy (non-hydrogen) atoms. The van der Waals surface area contributed by atoms with Gasteiger partial charge in [0.25, 0.3) is 0 Å². The molecule has 2 N–H and O–H groups in total. The Morgan fingerprint density at radius 2 is 1.89 bits per heavy atom.